The Morgan fingerprint density at radius 2 is 1.50 bits per heavy atom. The maximum atomic E-state index is 12.4. The first kappa shape index (κ1) is 23.4. The lowest BCUT2D eigenvalue weighted by atomic mass is 9.88. The van der Waals surface area contributed by atoms with Gasteiger partial charge in [-0.3, -0.25) is 9.59 Å². The van der Waals surface area contributed by atoms with Gasteiger partial charge in [0.1, 0.15) is 0 Å². The second-order valence-electron chi connectivity index (χ2n) is 8.43. The molecular formula is C27H30N4O3. The number of nitrogens with one attached hydrogen (secondary N) is 1. The monoisotopic (exact) mass is 458 g/mol. The van der Waals surface area contributed by atoms with Crippen LogP contribution in [0.5, 0.6) is 0 Å². The fraction of sp³-hybridized carbons (Fsp3) is 0.333. The lowest BCUT2D eigenvalue weighted by Gasteiger charge is -2.30. The normalized spacial score (nSPS) is 14.1. The summed E-state index contributed by atoms with van der Waals surface area (Å²) in [6.45, 7) is 1.63. The molecule has 0 radical (unpaired) electrons. The molecule has 1 aliphatic heterocycles. The Morgan fingerprint density at radius 1 is 0.912 bits per heavy atom. The quantitative estimate of drug-likeness (QED) is 0.494. The Morgan fingerprint density at radius 3 is 2.09 bits per heavy atom. The summed E-state index contributed by atoms with van der Waals surface area (Å²) in [5, 5.41) is 2.90. The van der Waals surface area contributed by atoms with Gasteiger partial charge in [-0.25, -0.2) is 9.97 Å². The van der Waals surface area contributed by atoms with E-state index in [4.69, 9.17) is 4.74 Å². The molecule has 34 heavy (non-hydrogen) atoms. The third-order valence-corrected chi connectivity index (χ3v) is 6.17. The fourth-order valence-electron chi connectivity index (χ4n) is 4.33. The van der Waals surface area contributed by atoms with Crippen molar-refractivity contribution in [2.75, 3.05) is 31.1 Å². The minimum atomic E-state index is -0.310. The third-order valence-electron chi connectivity index (χ3n) is 6.17. The van der Waals surface area contributed by atoms with Crippen LogP contribution < -0.4 is 10.2 Å². The second-order valence-corrected chi connectivity index (χ2v) is 8.43. The van der Waals surface area contributed by atoms with Gasteiger partial charge in [-0.1, -0.05) is 60.7 Å². The van der Waals surface area contributed by atoms with Gasteiger partial charge in [-0.2, -0.15) is 0 Å². The summed E-state index contributed by atoms with van der Waals surface area (Å²) >= 11 is 0. The fourth-order valence-corrected chi connectivity index (χ4v) is 4.33. The molecule has 3 aromatic rings. The Bertz CT molecular complexity index is 1000. The van der Waals surface area contributed by atoms with Crippen LogP contribution >= 0.6 is 0 Å². The SMILES string of the molecule is O=C(COC(=O)C1CCN(c2ncccn2)CC1)NCCC(c1ccccc1)c1ccccc1. The Hall–Kier alpha value is -3.74. The van der Waals surface area contributed by atoms with Gasteiger partial charge in [0, 0.05) is 37.9 Å². The van der Waals surface area contributed by atoms with E-state index in [0.29, 0.717) is 38.4 Å². The molecule has 1 saturated heterocycles. The van der Waals surface area contributed by atoms with Crippen molar-refractivity contribution in [1.82, 2.24) is 15.3 Å². The highest BCUT2D eigenvalue weighted by Crippen LogP contribution is 2.27. The largest absolute Gasteiger partial charge is 0.455 e. The van der Waals surface area contributed by atoms with Crippen LogP contribution in [0.1, 0.15) is 36.3 Å². The minimum Gasteiger partial charge on any atom is -0.455 e. The molecule has 2 heterocycles. The minimum absolute atomic E-state index is 0.184. The van der Waals surface area contributed by atoms with Crippen molar-refractivity contribution in [3.63, 3.8) is 0 Å². The van der Waals surface area contributed by atoms with Gasteiger partial charge in [-0.05, 0) is 36.5 Å². The van der Waals surface area contributed by atoms with Gasteiger partial charge in [0.2, 0.25) is 5.95 Å². The smallest absolute Gasteiger partial charge is 0.309 e. The number of hydrogen-bond donors (Lipinski definition) is 1. The van der Waals surface area contributed by atoms with E-state index in [0.717, 1.165) is 6.42 Å². The van der Waals surface area contributed by atoms with Crippen LogP contribution in [0.15, 0.2) is 79.1 Å². The van der Waals surface area contributed by atoms with E-state index in [-0.39, 0.29) is 30.3 Å². The third kappa shape index (κ3) is 6.41. The second kappa shape index (κ2) is 11.9. The number of anilines is 1. The van der Waals surface area contributed by atoms with Crippen molar-refractivity contribution in [1.29, 1.82) is 0 Å². The first-order valence-corrected chi connectivity index (χ1v) is 11.8. The van der Waals surface area contributed by atoms with E-state index in [9.17, 15) is 9.59 Å². The zero-order chi connectivity index (χ0) is 23.6. The number of aromatic nitrogens is 2. The molecule has 176 valence electrons. The van der Waals surface area contributed by atoms with Gasteiger partial charge in [-0.15, -0.1) is 0 Å². The Labute approximate surface area is 200 Å². The Kier molecular flexibility index (Phi) is 8.22. The summed E-state index contributed by atoms with van der Waals surface area (Å²) in [7, 11) is 0. The van der Waals surface area contributed by atoms with E-state index in [1.807, 2.05) is 36.4 Å². The molecular weight excluding hydrogens is 428 g/mol. The molecule has 1 fully saturated rings. The number of ether oxygens (including phenoxy) is 1. The molecule has 0 spiro atoms. The number of benzene rings is 2. The number of rotatable bonds is 9. The van der Waals surface area contributed by atoms with Crippen LogP contribution in [0.3, 0.4) is 0 Å². The highest BCUT2D eigenvalue weighted by molar-refractivity contribution is 5.81. The number of carbonyl (C=O) groups excluding carboxylic acids is 2. The first-order chi connectivity index (χ1) is 16.7. The van der Waals surface area contributed by atoms with Crippen LogP contribution in [-0.4, -0.2) is 48.1 Å². The zero-order valence-electron chi connectivity index (χ0n) is 19.2. The molecule has 0 atom stereocenters. The van der Waals surface area contributed by atoms with Crippen molar-refractivity contribution in [3.05, 3.63) is 90.3 Å². The predicted molar refractivity (Wildman–Crippen MR) is 130 cm³/mol. The van der Waals surface area contributed by atoms with E-state index in [2.05, 4.69) is 44.5 Å². The molecule has 0 saturated carbocycles. The topological polar surface area (TPSA) is 84.4 Å². The number of piperidine rings is 1. The predicted octanol–water partition coefficient (Wildman–Crippen LogP) is 3.57. The van der Waals surface area contributed by atoms with Crippen LogP contribution in [0.25, 0.3) is 0 Å². The van der Waals surface area contributed by atoms with Crippen molar-refractivity contribution in [3.8, 4) is 0 Å². The van der Waals surface area contributed by atoms with Crippen molar-refractivity contribution >= 4 is 17.8 Å². The maximum absolute atomic E-state index is 12.4. The summed E-state index contributed by atoms with van der Waals surface area (Å²) in [5.41, 5.74) is 2.42. The maximum Gasteiger partial charge on any atom is 0.309 e. The zero-order valence-corrected chi connectivity index (χ0v) is 19.2. The summed E-state index contributed by atoms with van der Waals surface area (Å²) < 4.78 is 5.31. The summed E-state index contributed by atoms with van der Waals surface area (Å²) in [6, 6.07) is 22.3. The molecule has 2 aromatic carbocycles. The van der Waals surface area contributed by atoms with Crippen molar-refractivity contribution in [2.24, 2.45) is 5.92 Å². The average Bonchev–Trinajstić information content (AvgIpc) is 2.91. The summed E-state index contributed by atoms with van der Waals surface area (Å²) in [6.07, 6.45) is 5.50. The highest BCUT2D eigenvalue weighted by atomic mass is 16.5. The number of carbonyl (C=O) groups is 2. The van der Waals surface area contributed by atoms with Gasteiger partial charge >= 0.3 is 5.97 Å². The molecule has 7 heteroatoms. The van der Waals surface area contributed by atoms with Crippen molar-refractivity contribution < 1.29 is 14.3 Å². The molecule has 1 N–H and O–H groups in total. The van der Waals surface area contributed by atoms with Crippen LogP contribution in [0.4, 0.5) is 5.95 Å². The van der Waals surface area contributed by atoms with Gasteiger partial charge in [0.05, 0.1) is 5.92 Å². The highest BCUT2D eigenvalue weighted by Gasteiger charge is 2.27. The van der Waals surface area contributed by atoms with E-state index in [1.165, 1.54) is 11.1 Å². The van der Waals surface area contributed by atoms with Gasteiger partial charge < -0.3 is 15.0 Å². The Balaban J connectivity index is 1.20. The number of hydrogen-bond acceptors (Lipinski definition) is 6. The molecule has 7 nitrogen and oxygen atoms in total. The van der Waals surface area contributed by atoms with E-state index >= 15 is 0 Å². The molecule has 1 aliphatic rings. The van der Waals surface area contributed by atoms with Gasteiger partial charge in [0.25, 0.3) is 5.91 Å². The summed E-state index contributed by atoms with van der Waals surface area (Å²) in [5.74, 6) is 0.0777. The average molecular weight is 459 g/mol. The standard InChI is InChI=1S/C27H30N4O3/c32-25(20-34-26(33)23-13-18-31(19-14-23)27-29-15-7-16-30-27)28-17-12-24(21-8-3-1-4-9-21)22-10-5-2-6-11-22/h1-11,15-16,23-24H,12-14,17-20H2,(H,28,32). The number of nitrogens with zero attached hydrogens (tertiary/aromatic N) is 3. The lowest BCUT2D eigenvalue weighted by Crippen LogP contribution is -2.38. The van der Waals surface area contributed by atoms with Crippen LogP contribution in [-0.2, 0) is 14.3 Å². The van der Waals surface area contributed by atoms with Crippen LogP contribution in [0, 0.1) is 5.92 Å². The molecule has 0 aliphatic carbocycles. The lowest BCUT2D eigenvalue weighted by molar-refractivity contribution is -0.153. The molecule has 4 rings (SSSR count). The number of esters is 1. The van der Waals surface area contributed by atoms with Crippen LogP contribution in [0.2, 0.25) is 0 Å². The molecule has 1 amide bonds. The first-order valence-electron chi connectivity index (χ1n) is 11.8. The molecule has 1 aromatic heterocycles. The van der Waals surface area contributed by atoms with Crippen molar-refractivity contribution in [2.45, 2.75) is 25.2 Å². The van der Waals surface area contributed by atoms with Gasteiger partial charge in [0.15, 0.2) is 6.61 Å². The van der Waals surface area contributed by atoms with E-state index < -0.39 is 0 Å². The molecule has 0 bridgehead atoms. The number of amides is 1. The molecule has 0 unspecified atom stereocenters. The summed E-state index contributed by atoms with van der Waals surface area (Å²) in [4.78, 5) is 35.3. The van der Waals surface area contributed by atoms with E-state index in [1.54, 1.807) is 18.5 Å².